The van der Waals surface area contributed by atoms with Crippen LogP contribution in [0.15, 0.2) is 42.5 Å². The maximum atomic E-state index is 13.6. The molecule has 1 saturated carbocycles. The lowest BCUT2D eigenvalue weighted by Crippen LogP contribution is -2.53. The Labute approximate surface area is 184 Å². The summed E-state index contributed by atoms with van der Waals surface area (Å²) in [5.41, 5.74) is 0.691. The molecule has 3 unspecified atom stereocenters. The highest BCUT2D eigenvalue weighted by Crippen LogP contribution is 2.40. The Morgan fingerprint density at radius 1 is 1.03 bits per heavy atom. The van der Waals surface area contributed by atoms with E-state index in [1.807, 2.05) is 41.3 Å². The van der Waals surface area contributed by atoms with Gasteiger partial charge in [0, 0.05) is 37.2 Å². The minimum absolute atomic E-state index is 0. The zero-order valence-electron chi connectivity index (χ0n) is 17.2. The fourth-order valence-electron chi connectivity index (χ4n) is 5.31. The number of hydrogen-bond donors (Lipinski definition) is 2. The summed E-state index contributed by atoms with van der Waals surface area (Å²) in [5.74, 6) is 1.01. The van der Waals surface area contributed by atoms with Gasteiger partial charge >= 0.3 is 0 Å². The molecular weight excluding hydrogens is 398 g/mol. The van der Waals surface area contributed by atoms with Crippen LogP contribution in [-0.4, -0.2) is 48.4 Å². The second-order valence-corrected chi connectivity index (χ2v) is 8.91. The van der Waals surface area contributed by atoms with Crippen molar-refractivity contribution in [1.82, 2.24) is 15.5 Å². The van der Waals surface area contributed by atoms with Crippen LogP contribution in [0.5, 0.6) is 0 Å². The fraction of sp³-hybridized carbons (Fsp3) is 0.500. The lowest BCUT2D eigenvalue weighted by atomic mass is 9.84. The number of carbonyl (C=O) groups is 2. The van der Waals surface area contributed by atoms with Crippen molar-refractivity contribution in [1.29, 1.82) is 0 Å². The van der Waals surface area contributed by atoms with E-state index >= 15 is 0 Å². The number of rotatable bonds is 4. The van der Waals surface area contributed by atoms with Crippen molar-refractivity contribution in [2.75, 3.05) is 19.6 Å². The first-order chi connectivity index (χ1) is 14.2. The van der Waals surface area contributed by atoms with Crippen LogP contribution in [0.1, 0.15) is 42.5 Å². The summed E-state index contributed by atoms with van der Waals surface area (Å²) >= 11 is 0. The van der Waals surface area contributed by atoms with Crippen molar-refractivity contribution >= 4 is 35.0 Å². The van der Waals surface area contributed by atoms with Gasteiger partial charge in [0.1, 0.15) is 6.04 Å². The molecular formula is C24H30ClN3O2. The predicted molar refractivity (Wildman–Crippen MR) is 121 cm³/mol. The smallest absolute Gasteiger partial charge is 0.254 e. The lowest BCUT2D eigenvalue weighted by molar-refractivity contribution is -0.125. The first-order valence-corrected chi connectivity index (χ1v) is 11.0. The number of benzene rings is 2. The first-order valence-electron chi connectivity index (χ1n) is 11.0. The highest BCUT2D eigenvalue weighted by atomic mass is 35.5. The van der Waals surface area contributed by atoms with Crippen molar-refractivity contribution in [3.05, 3.63) is 48.0 Å². The van der Waals surface area contributed by atoms with Gasteiger partial charge in [-0.05, 0) is 48.1 Å². The molecule has 2 amide bonds. The van der Waals surface area contributed by atoms with E-state index in [4.69, 9.17) is 0 Å². The highest BCUT2D eigenvalue weighted by molar-refractivity contribution is 6.01. The Hall–Kier alpha value is -2.11. The van der Waals surface area contributed by atoms with Crippen LogP contribution in [0.3, 0.4) is 0 Å². The average molecular weight is 428 g/mol. The van der Waals surface area contributed by atoms with Crippen LogP contribution in [0.25, 0.3) is 10.8 Å². The Morgan fingerprint density at radius 3 is 2.57 bits per heavy atom. The van der Waals surface area contributed by atoms with Gasteiger partial charge in [-0.3, -0.25) is 9.59 Å². The SMILES string of the molecule is Cl.O=C(NCC1CNC1)C1CC2CCCCC2N1C(=O)c1ccc2ccccc2c1. The molecule has 0 bridgehead atoms. The van der Waals surface area contributed by atoms with Gasteiger partial charge in [0.05, 0.1) is 0 Å². The second kappa shape index (κ2) is 8.94. The summed E-state index contributed by atoms with van der Waals surface area (Å²) in [4.78, 5) is 28.6. The van der Waals surface area contributed by atoms with Crippen LogP contribution in [0.4, 0.5) is 0 Å². The molecule has 1 aliphatic carbocycles. The molecule has 2 heterocycles. The second-order valence-electron chi connectivity index (χ2n) is 8.91. The van der Waals surface area contributed by atoms with E-state index in [-0.39, 0.29) is 36.3 Å². The van der Waals surface area contributed by atoms with Crippen molar-refractivity contribution in [3.8, 4) is 0 Å². The molecule has 160 valence electrons. The molecule has 5 nitrogen and oxygen atoms in total. The van der Waals surface area contributed by atoms with E-state index in [1.165, 1.54) is 6.42 Å². The molecule has 30 heavy (non-hydrogen) atoms. The normalized spacial score (nSPS) is 25.9. The molecule has 2 aromatic rings. The molecule has 0 radical (unpaired) electrons. The molecule has 3 aliphatic rings. The van der Waals surface area contributed by atoms with Crippen LogP contribution in [-0.2, 0) is 4.79 Å². The van der Waals surface area contributed by atoms with E-state index in [0.29, 0.717) is 23.9 Å². The lowest BCUT2D eigenvalue weighted by Gasteiger charge is -2.34. The topological polar surface area (TPSA) is 61.4 Å². The standard InChI is InChI=1S/C24H29N3O2.ClH/c28-23(26-15-16-13-25-14-16)22-12-19-7-3-4-8-21(19)27(22)24(29)20-10-9-17-5-1-2-6-18(17)11-20;/h1-2,5-6,9-11,16,19,21-22,25H,3-4,7-8,12-15H2,(H,26,28);1H. The van der Waals surface area contributed by atoms with Crippen LogP contribution >= 0.6 is 12.4 Å². The Bertz CT molecular complexity index is 930. The maximum absolute atomic E-state index is 13.6. The van der Waals surface area contributed by atoms with Crippen molar-refractivity contribution in [3.63, 3.8) is 0 Å². The fourth-order valence-corrected chi connectivity index (χ4v) is 5.31. The number of nitrogens with zero attached hydrogens (tertiary/aromatic N) is 1. The van der Waals surface area contributed by atoms with Crippen LogP contribution in [0.2, 0.25) is 0 Å². The predicted octanol–water partition coefficient (Wildman–Crippen LogP) is 3.37. The van der Waals surface area contributed by atoms with Gasteiger partial charge in [-0.2, -0.15) is 0 Å². The molecule has 5 rings (SSSR count). The Morgan fingerprint density at radius 2 is 1.80 bits per heavy atom. The van der Waals surface area contributed by atoms with Gasteiger partial charge in [0.25, 0.3) is 5.91 Å². The summed E-state index contributed by atoms with van der Waals surface area (Å²) in [7, 11) is 0. The largest absolute Gasteiger partial charge is 0.354 e. The molecule has 0 aromatic heterocycles. The number of halogens is 1. The van der Waals surface area contributed by atoms with Crippen molar-refractivity contribution < 1.29 is 9.59 Å². The average Bonchev–Trinajstić information content (AvgIpc) is 3.11. The molecule has 2 aromatic carbocycles. The quantitative estimate of drug-likeness (QED) is 0.786. The molecule has 3 fully saturated rings. The van der Waals surface area contributed by atoms with E-state index in [1.54, 1.807) is 0 Å². The van der Waals surface area contributed by atoms with Crippen molar-refractivity contribution in [2.24, 2.45) is 11.8 Å². The van der Waals surface area contributed by atoms with Crippen LogP contribution in [0, 0.1) is 11.8 Å². The zero-order valence-corrected chi connectivity index (χ0v) is 18.0. The summed E-state index contributed by atoms with van der Waals surface area (Å²) < 4.78 is 0. The van der Waals surface area contributed by atoms with E-state index in [9.17, 15) is 9.59 Å². The van der Waals surface area contributed by atoms with E-state index in [0.717, 1.165) is 49.5 Å². The summed E-state index contributed by atoms with van der Waals surface area (Å²) in [5, 5.41) is 8.57. The van der Waals surface area contributed by atoms with Gasteiger partial charge in [-0.15, -0.1) is 12.4 Å². The molecule has 2 saturated heterocycles. The first kappa shape index (κ1) is 21.1. The monoisotopic (exact) mass is 427 g/mol. The number of carbonyl (C=O) groups excluding carboxylic acids is 2. The molecule has 3 atom stereocenters. The molecule has 6 heteroatoms. The summed E-state index contributed by atoms with van der Waals surface area (Å²) in [6.07, 6.45) is 5.30. The Kier molecular flexibility index (Phi) is 6.30. The highest BCUT2D eigenvalue weighted by Gasteiger charge is 2.47. The number of hydrogen-bond acceptors (Lipinski definition) is 3. The van der Waals surface area contributed by atoms with E-state index in [2.05, 4.69) is 16.7 Å². The third-order valence-electron chi connectivity index (χ3n) is 7.05. The Balaban J connectivity index is 0.00000218. The summed E-state index contributed by atoms with van der Waals surface area (Å²) in [6.45, 7) is 2.64. The van der Waals surface area contributed by atoms with Crippen molar-refractivity contribution in [2.45, 2.75) is 44.2 Å². The third kappa shape index (κ3) is 3.93. The zero-order chi connectivity index (χ0) is 19.8. The van der Waals surface area contributed by atoms with Crippen LogP contribution < -0.4 is 10.6 Å². The van der Waals surface area contributed by atoms with Gasteiger partial charge in [0.2, 0.25) is 5.91 Å². The number of fused-ring (bicyclic) bond motifs is 2. The molecule has 2 N–H and O–H groups in total. The molecule has 0 spiro atoms. The number of nitrogens with one attached hydrogen (secondary N) is 2. The minimum atomic E-state index is -0.338. The number of likely N-dealkylation sites (tertiary alicyclic amines) is 1. The third-order valence-corrected chi connectivity index (χ3v) is 7.05. The van der Waals surface area contributed by atoms with Gasteiger partial charge in [-0.1, -0.05) is 43.2 Å². The van der Waals surface area contributed by atoms with Gasteiger partial charge < -0.3 is 15.5 Å². The van der Waals surface area contributed by atoms with Gasteiger partial charge in [0.15, 0.2) is 0 Å². The van der Waals surface area contributed by atoms with E-state index < -0.39 is 0 Å². The summed E-state index contributed by atoms with van der Waals surface area (Å²) in [6, 6.07) is 13.9. The molecule has 2 aliphatic heterocycles. The van der Waals surface area contributed by atoms with Gasteiger partial charge in [-0.25, -0.2) is 0 Å². The number of amides is 2. The minimum Gasteiger partial charge on any atom is -0.354 e. The maximum Gasteiger partial charge on any atom is 0.254 e.